The van der Waals surface area contributed by atoms with Gasteiger partial charge in [-0.05, 0) is 68.5 Å². The molecule has 3 aromatic rings. The average molecular weight is 1030 g/mol. The van der Waals surface area contributed by atoms with Crippen LogP contribution in [-0.4, -0.2) is 142 Å². The number of amides is 6. The lowest BCUT2D eigenvalue weighted by Crippen LogP contribution is -2.36. The van der Waals surface area contributed by atoms with Crippen LogP contribution in [0.3, 0.4) is 0 Å². The fraction of sp³-hybridized carbons (Fsp3) is 0.520. The van der Waals surface area contributed by atoms with Gasteiger partial charge in [-0.25, -0.2) is 14.2 Å². The molecular weight excluding hydrogens is 966 g/mol. The third-order valence-electron chi connectivity index (χ3n) is 11.2. The second kappa shape index (κ2) is 33.2. The van der Waals surface area contributed by atoms with E-state index in [1.807, 2.05) is 17.8 Å². The summed E-state index contributed by atoms with van der Waals surface area (Å²) in [5.74, 6) is -0.00836. The van der Waals surface area contributed by atoms with E-state index in [9.17, 15) is 33.6 Å². The summed E-state index contributed by atoms with van der Waals surface area (Å²) in [7, 11) is 0. The number of halogens is 1. The fourth-order valence-electron chi connectivity index (χ4n) is 7.50. The maximum Gasteiger partial charge on any atom is 0.315 e. The molecule has 1 aromatic heterocycles. The van der Waals surface area contributed by atoms with Crippen molar-refractivity contribution in [3.05, 3.63) is 72.7 Å². The number of ether oxygens (including phenoxy) is 5. The number of hydrogen-bond donors (Lipinski definition) is 8. The monoisotopic (exact) mass is 1030 g/mol. The van der Waals surface area contributed by atoms with Crippen molar-refractivity contribution < 1.29 is 52.0 Å². The molecule has 0 unspecified atom stereocenters. The number of nitrogens with zero attached hydrogens (tertiary/aromatic N) is 3. The average Bonchev–Trinajstić information content (AvgIpc) is 3.94. The van der Waals surface area contributed by atoms with Crippen LogP contribution in [0.25, 0.3) is 0 Å². The second-order valence-corrected chi connectivity index (χ2v) is 18.1. The van der Waals surface area contributed by atoms with Gasteiger partial charge in [0.1, 0.15) is 18.2 Å². The first kappa shape index (κ1) is 57.3. The number of carbonyl (C=O) groups excluding carboxylic acids is 5. The van der Waals surface area contributed by atoms with Crippen LogP contribution in [-0.2, 0) is 38.1 Å². The van der Waals surface area contributed by atoms with Gasteiger partial charge in [0.05, 0.1) is 57.9 Å². The predicted octanol–water partition coefficient (Wildman–Crippen LogP) is 4.96. The fourth-order valence-corrected chi connectivity index (χ4v) is 9.04. The Labute approximate surface area is 429 Å². The molecule has 2 fully saturated rings. The number of thioether (sulfide) groups is 1. The number of unbranched alkanes of at least 4 members (excludes halogenated alkanes) is 2. The van der Waals surface area contributed by atoms with Gasteiger partial charge in [-0.15, -0.1) is 0 Å². The lowest BCUT2D eigenvalue weighted by atomic mass is 10.0. The number of rotatable bonds is 37. The van der Waals surface area contributed by atoms with E-state index in [2.05, 4.69) is 59.1 Å². The molecule has 2 aromatic carbocycles. The van der Waals surface area contributed by atoms with Crippen molar-refractivity contribution in [3.8, 4) is 11.8 Å². The lowest BCUT2D eigenvalue weighted by Gasteiger charge is -2.16. The van der Waals surface area contributed by atoms with Crippen LogP contribution in [0.15, 0.2) is 61.3 Å². The van der Waals surface area contributed by atoms with E-state index < -0.39 is 5.82 Å². The van der Waals surface area contributed by atoms with E-state index in [0.29, 0.717) is 94.3 Å². The number of nitrogens with one attached hydrogen (secondary N) is 8. The first-order chi connectivity index (χ1) is 35.6. The Morgan fingerprint density at radius 3 is 2.10 bits per heavy atom. The van der Waals surface area contributed by atoms with E-state index in [1.54, 1.807) is 30.3 Å². The number of nitriles is 1. The summed E-state index contributed by atoms with van der Waals surface area (Å²) in [6.45, 7) is 7.96. The molecular formula is C50H68FN11O10S. The van der Waals surface area contributed by atoms with Crippen molar-refractivity contribution >= 4 is 70.3 Å². The third kappa shape index (κ3) is 22.4. The number of fused-ring (bicyclic) bond motifs is 1. The van der Waals surface area contributed by atoms with Crippen LogP contribution in [0.5, 0.6) is 5.75 Å². The molecule has 2 aliphatic rings. The van der Waals surface area contributed by atoms with Crippen LogP contribution in [0.4, 0.5) is 38.0 Å². The zero-order valence-corrected chi connectivity index (χ0v) is 41.9. The quantitative estimate of drug-likeness (QED) is 0.0215. The molecule has 396 valence electrons. The van der Waals surface area contributed by atoms with Gasteiger partial charge < -0.3 is 66.2 Å². The normalized spacial score (nSPS) is 15.5. The highest BCUT2D eigenvalue weighted by Gasteiger charge is 2.42. The number of benzene rings is 2. The standard InChI is InChI=1S/C50H68FN11O10S/c1-2-43(63)57-36-10-6-11-37(30-36)58-48-35(32-52)33-56-49(62-48)59-38-16-17-41(39(51)31-38)72-29-28-70-23-20-55-46(66)15-7-14-45(65)54-19-9-22-69-25-27-71-26-24-68-21-8-18-53-44(64)13-5-3-4-12-42-47-40(34-73-42)60-50(67)61-47/h2,6,10-11,16-17,30-31,33,40,42,47H,1,3-5,7-9,12-15,18-29,34H2,(H,53,64)(H,54,65)(H,55,66)(H,57,63)(H2,60,61,67)(H2,56,58,59,62)/t40-,42-,47-/m0/s1. The largest absolute Gasteiger partial charge is 0.488 e. The lowest BCUT2D eigenvalue weighted by molar-refractivity contribution is -0.123. The molecule has 0 spiro atoms. The van der Waals surface area contributed by atoms with E-state index in [-0.39, 0.29) is 104 Å². The van der Waals surface area contributed by atoms with Crippen molar-refractivity contribution in [1.29, 1.82) is 5.26 Å². The van der Waals surface area contributed by atoms with Gasteiger partial charge in [-0.3, -0.25) is 19.2 Å². The Morgan fingerprint density at radius 1 is 0.753 bits per heavy atom. The smallest absolute Gasteiger partial charge is 0.315 e. The Kier molecular flexibility index (Phi) is 26.1. The highest BCUT2D eigenvalue weighted by atomic mass is 32.2. The van der Waals surface area contributed by atoms with Crippen LogP contribution >= 0.6 is 11.8 Å². The van der Waals surface area contributed by atoms with Crippen molar-refractivity contribution in [2.24, 2.45) is 0 Å². The molecule has 0 saturated carbocycles. The number of carbonyl (C=O) groups is 5. The molecule has 0 radical (unpaired) electrons. The summed E-state index contributed by atoms with van der Waals surface area (Å²) >= 11 is 1.92. The molecule has 5 rings (SSSR count). The molecule has 21 nitrogen and oxygen atoms in total. The summed E-state index contributed by atoms with van der Waals surface area (Å²) < 4.78 is 42.6. The third-order valence-corrected chi connectivity index (χ3v) is 12.7. The molecule has 73 heavy (non-hydrogen) atoms. The second-order valence-electron chi connectivity index (χ2n) is 16.9. The van der Waals surface area contributed by atoms with Gasteiger partial charge in [0.15, 0.2) is 17.4 Å². The van der Waals surface area contributed by atoms with Crippen LogP contribution in [0, 0.1) is 17.1 Å². The van der Waals surface area contributed by atoms with Gasteiger partial charge in [-0.1, -0.05) is 25.5 Å². The summed E-state index contributed by atoms with van der Waals surface area (Å²) in [4.78, 5) is 68.2. The Morgan fingerprint density at radius 2 is 1.40 bits per heavy atom. The molecule has 2 aliphatic heterocycles. The van der Waals surface area contributed by atoms with E-state index >= 15 is 0 Å². The van der Waals surface area contributed by atoms with Gasteiger partial charge in [0.25, 0.3) is 0 Å². The number of anilines is 5. The Bertz CT molecular complexity index is 2290. The first-order valence-corrected chi connectivity index (χ1v) is 25.7. The summed E-state index contributed by atoms with van der Waals surface area (Å²) in [5, 5.41) is 33.2. The van der Waals surface area contributed by atoms with E-state index in [0.717, 1.165) is 43.9 Å². The molecule has 6 amide bonds. The Hall–Kier alpha value is -6.58. The topological polar surface area (TPSA) is 277 Å². The molecule has 3 atom stereocenters. The van der Waals surface area contributed by atoms with Crippen LogP contribution in [0.1, 0.15) is 69.8 Å². The van der Waals surface area contributed by atoms with E-state index in [4.69, 9.17) is 23.7 Å². The van der Waals surface area contributed by atoms with E-state index in [1.165, 1.54) is 18.3 Å². The first-order valence-electron chi connectivity index (χ1n) is 24.7. The molecule has 0 bridgehead atoms. The predicted molar refractivity (Wildman–Crippen MR) is 274 cm³/mol. The SMILES string of the molecule is C=CC(=O)Nc1cccc(Nc2nc(Nc3ccc(OCCOCCNC(=O)CCCC(=O)NCCCOCCOCCOCCCNC(=O)CCCCC[C@@H]4SC[C@@H]5NC(=O)N[C@@H]54)c(F)c3)ncc2C#N)c1. The number of hydrogen-bond acceptors (Lipinski definition) is 16. The minimum absolute atomic E-state index is 0.00587. The zero-order valence-electron chi connectivity index (χ0n) is 41.1. The zero-order chi connectivity index (χ0) is 51.9. The van der Waals surface area contributed by atoms with Gasteiger partial charge in [0.2, 0.25) is 29.6 Å². The summed E-state index contributed by atoms with van der Waals surface area (Å²) in [6.07, 6.45) is 9.17. The number of aromatic nitrogens is 2. The summed E-state index contributed by atoms with van der Waals surface area (Å²) in [5.41, 5.74) is 1.56. The van der Waals surface area contributed by atoms with Crippen molar-refractivity contribution in [2.75, 3.05) is 101 Å². The number of urea groups is 1. The molecule has 2 saturated heterocycles. The van der Waals surface area contributed by atoms with Gasteiger partial charge in [0, 0.05) is 86.2 Å². The van der Waals surface area contributed by atoms with Crippen molar-refractivity contribution in [1.82, 2.24) is 36.6 Å². The van der Waals surface area contributed by atoms with Crippen molar-refractivity contribution in [2.45, 2.75) is 81.5 Å². The highest BCUT2D eigenvalue weighted by molar-refractivity contribution is 8.00. The van der Waals surface area contributed by atoms with Crippen molar-refractivity contribution in [3.63, 3.8) is 0 Å². The van der Waals surface area contributed by atoms with Gasteiger partial charge in [-0.2, -0.15) is 22.0 Å². The van der Waals surface area contributed by atoms with Crippen LogP contribution in [0.2, 0.25) is 0 Å². The van der Waals surface area contributed by atoms with Gasteiger partial charge >= 0.3 is 6.03 Å². The molecule has 23 heteroatoms. The molecule has 0 aliphatic carbocycles. The maximum absolute atomic E-state index is 14.9. The minimum atomic E-state index is -0.637. The maximum atomic E-state index is 14.9. The molecule has 8 N–H and O–H groups in total. The van der Waals surface area contributed by atoms with Crippen LogP contribution < -0.4 is 47.3 Å². The minimum Gasteiger partial charge on any atom is -0.488 e. The Balaban J connectivity index is 0.766. The summed E-state index contributed by atoms with van der Waals surface area (Å²) in [6, 6.07) is 13.5. The molecule has 3 heterocycles. The highest BCUT2D eigenvalue weighted by Crippen LogP contribution is 2.33.